The van der Waals surface area contributed by atoms with Gasteiger partial charge in [0.05, 0.1) is 11.3 Å². The van der Waals surface area contributed by atoms with Crippen LogP contribution in [0.15, 0.2) is 15.7 Å². The summed E-state index contributed by atoms with van der Waals surface area (Å²) in [5.41, 5.74) is 0.735. The molecule has 0 bridgehead atoms. The average Bonchev–Trinajstić information content (AvgIpc) is 2.62. The molecule has 0 aromatic carbocycles. The summed E-state index contributed by atoms with van der Waals surface area (Å²) >= 11 is 1.23. The Kier molecular flexibility index (Phi) is 2.79. The highest BCUT2D eigenvalue weighted by Crippen LogP contribution is 2.39. The quantitative estimate of drug-likeness (QED) is 0.831. The van der Waals surface area contributed by atoms with Crippen molar-refractivity contribution >= 4 is 27.1 Å². The fraction of sp³-hybridized carbons (Fsp3) is 0.500. The summed E-state index contributed by atoms with van der Waals surface area (Å²) in [5.74, 6) is -0.131. The summed E-state index contributed by atoms with van der Waals surface area (Å²) in [6, 6.07) is 1.61. The summed E-state index contributed by atoms with van der Waals surface area (Å²) in [5, 5.41) is 4.12. The number of hydrogen-bond acceptors (Lipinski definition) is 4. The van der Waals surface area contributed by atoms with E-state index >= 15 is 0 Å². The Labute approximate surface area is 98.6 Å². The molecule has 2 atom stereocenters. The molecule has 1 aliphatic heterocycles. The first-order chi connectivity index (χ1) is 7.43. The van der Waals surface area contributed by atoms with Gasteiger partial charge in [-0.1, -0.05) is 0 Å². The van der Waals surface area contributed by atoms with Crippen molar-refractivity contribution in [3.05, 3.63) is 17.0 Å². The maximum Gasteiger partial charge on any atom is 0.217 e. The molecule has 2 rings (SSSR count). The first kappa shape index (κ1) is 11.6. The lowest BCUT2D eigenvalue weighted by atomic mass is 10.1. The van der Waals surface area contributed by atoms with Crippen molar-refractivity contribution in [1.82, 2.24) is 5.32 Å². The van der Waals surface area contributed by atoms with Gasteiger partial charge in [-0.3, -0.25) is 4.79 Å². The number of hydrogen-bond donors (Lipinski definition) is 1. The van der Waals surface area contributed by atoms with E-state index in [1.807, 2.05) is 0 Å². The number of carbonyl (C=O) groups excluding carboxylic acids is 1. The SMILES string of the molecule is CC(=O)NC1CC(C)S(=O)(=O)c2sccc21. The second-order valence-corrected chi connectivity index (χ2v) is 7.49. The smallest absolute Gasteiger partial charge is 0.217 e. The van der Waals surface area contributed by atoms with Gasteiger partial charge in [0.15, 0.2) is 9.84 Å². The van der Waals surface area contributed by atoms with Crippen LogP contribution in [0.2, 0.25) is 0 Å². The van der Waals surface area contributed by atoms with Crippen molar-refractivity contribution in [2.45, 2.75) is 35.8 Å². The van der Waals surface area contributed by atoms with Crippen molar-refractivity contribution < 1.29 is 13.2 Å². The normalized spacial score (nSPS) is 27.1. The van der Waals surface area contributed by atoms with Gasteiger partial charge in [0.2, 0.25) is 5.91 Å². The van der Waals surface area contributed by atoms with Crippen molar-refractivity contribution in [2.24, 2.45) is 0 Å². The lowest BCUT2D eigenvalue weighted by Gasteiger charge is -2.27. The van der Waals surface area contributed by atoms with Crippen LogP contribution >= 0.6 is 11.3 Å². The molecule has 0 spiro atoms. The molecule has 1 aromatic rings. The molecule has 1 aliphatic rings. The fourth-order valence-corrected chi connectivity index (χ4v) is 5.18. The Hall–Kier alpha value is -0.880. The van der Waals surface area contributed by atoms with Gasteiger partial charge in [-0.2, -0.15) is 0 Å². The molecule has 0 saturated carbocycles. The van der Waals surface area contributed by atoms with Gasteiger partial charge in [0, 0.05) is 12.5 Å². The van der Waals surface area contributed by atoms with Crippen LogP contribution in [0.5, 0.6) is 0 Å². The maximum absolute atomic E-state index is 12.0. The highest BCUT2D eigenvalue weighted by atomic mass is 32.2. The van der Waals surface area contributed by atoms with E-state index in [9.17, 15) is 13.2 Å². The molecule has 2 unspecified atom stereocenters. The van der Waals surface area contributed by atoms with E-state index in [0.717, 1.165) is 5.56 Å². The van der Waals surface area contributed by atoms with E-state index in [-0.39, 0.29) is 11.9 Å². The molecule has 16 heavy (non-hydrogen) atoms. The second-order valence-electron chi connectivity index (χ2n) is 4.01. The molecule has 1 aromatic heterocycles. The van der Waals surface area contributed by atoms with Crippen LogP contribution in [-0.4, -0.2) is 19.6 Å². The Bertz CT molecular complexity index is 518. The largest absolute Gasteiger partial charge is 0.349 e. The average molecular weight is 259 g/mol. The van der Waals surface area contributed by atoms with Gasteiger partial charge in [-0.25, -0.2) is 8.42 Å². The number of rotatable bonds is 1. The lowest BCUT2D eigenvalue weighted by molar-refractivity contribution is -0.119. The van der Waals surface area contributed by atoms with Gasteiger partial charge in [0.25, 0.3) is 0 Å². The molecule has 1 N–H and O–H groups in total. The van der Waals surface area contributed by atoms with Crippen LogP contribution in [0, 0.1) is 0 Å². The van der Waals surface area contributed by atoms with E-state index in [2.05, 4.69) is 5.32 Å². The molecule has 1 amide bonds. The number of nitrogens with one attached hydrogen (secondary N) is 1. The zero-order valence-electron chi connectivity index (χ0n) is 9.06. The monoisotopic (exact) mass is 259 g/mol. The van der Waals surface area contributed by atoms with Gasteiger partial charge in [-0.05, 0) is 24.8 Å². The zero-order valence-corrected chi connectivity index (χ0v) is 10.7. The van der Waals surface area contributed by atoms with Crippen LogP contribution in [0.4, 0.5) is 0 Å². The van der Waals surface area contributed by atoms with Gasteiger partial charge >= 0.3 is 0 Å². The lowest BCUT2D eigenvalue weighted by Crippen LogP contribution is -2.35. The third-order valence-electron chi connectivity index (χ3n) is 2.77. The van der Waals surface area contributed by atoms with E-state index in [0.29, 0.717) is 10.6 Å². The highest BCUT2D eigenvalue weighted by molar-refractivity contribution is 7.94. The molecular formula is C10H13NO3S2. The van der Waals surface area contributed by atoms with E-state index < -0.39 is 15.1 Å². The molecule has 0 fully saturated rings. The number of sulfone groups is 1. The second kappa shape index (κ2) is 3.85. The summed E-state index contributed by atoms with van der Waals surface area (Å²) < 4.78 is 24.4. The number of fused-ring (bicyclic) bond motifs is 1. The first-order valence-corrected chi connectivity index (χ1v) is 7.44. The van der Waals surface area contributed by atoms with Crippen LogP contribution in [0.3, 0.4) is 0 Å². The number of thiophene rings is 1. The number of amides is 1. The van der Waals surface area contributed by atoms with E-state index in [1.54, 1.807) is 18.4 Å². The summed E-state index contributed by atoms with van der Waals surface area (Å²) in [4.78, 5) is 11.1. The predicted octanol–water partition coefficient (Wildman–Crippen LogP) is 1.49. The van der Waals surface area contributed by atoms with Crippen LogP contribution < -0.4 is 5.32 Å². The topological polar surface area (TPSA) is 63.2 Å². The minimum absolute atomic E-state index is 0.131. The molecule has 0 saturated heterocycles. The molecule has 4 nitrogen and oxygen atoms in total. The van der Waals surface area contributed by atoms with Gasteiger partial charge in [0.1, 0.15) is 4.21 Å². The third-order valence-corrected chi connectivity index (χ3v) is 6.48. The number of carbonyl (C=O) groups is 1. The predicted molar refractivity (Wildman–Crippen MR) is 62.1 cm³/mol. The first-order valence-electron chi connectivity index (χ1n) is 5.01. The fourth-order valence-electron chi connectivity index (χ4n) is 1.95. The third kappa shape index (κ3) is 1.76. The Morgan fingerprint density at radius 1 is 1.56 bits per heavy atom. The van der Waals surface area contributed by atoms with Crippen LogP contribution in [-0.2, 0) is 14.6 Å². The minimum Gasteiger partial charge on any atom is -0.349 e. The van der Waals surface area contributed by atoms with E-state index in [4.69, 9.17) is 0 Å². The Morgan fingerprint density at radius 2 is 2.25 bits per heavy atom. The van der Waals surface area contributed by atoms with Gasteiger partial charge in [-0.15, -0.1) is 11.3 Å². The van der Waals surface area contributed by atoms with Crippen molar-refractivity contribution in [3.63, 3.8) is 0 Å². The molecular weight excluding hydrogens is 246 g/mol. The zero-order chi connectivity index (χ0) is 11.9. The van der Waals surface area contributed by atoms with Crippen molar-refractivity contribution in [2.75, 3.05) is 0 Å². The molecule has 2 heterocycles. The molecule has 88 valence electrons. The standard InChI is InChI=1S/C10H13NO3S2/c1-6-5-9(11-7(2)12)8-3-4-15-10(8)16(6,13)14/h3-4,6,9H,5H2,1-2H3,(H,11,12). The summed E-state index contributed by atoms with van der Waals surface area (Å²) in [6.07, 6.45) is 0.450. The molecule has 6 heteroatoms. The highest BCUT2D eigenvalue weighted by Gasteiger charge is 2.37. The maximum atomic E-state index is 12.0. The summed E-state index contributed by atoms with van der Waals surface area (Å²) in [7, 11) is -3.18. The van der Waals surface area contributed by atoms with E-state index in [1.165, 1.54) is 18.3 Å². The molecule has 0 radical (unpaired) electrons. The Morgan fingerprint density at radius 3 is 2.88 bits per heavy atom. The molecule has 0 aliphatic carbocycles. The summed E-state index contributed by atoms with van der Waals surface area (Å²) in [6.45, 7) is 3.13. The van der Waals surface area contributed by atoms with Gasteiger partial charge < -0.3 is 5.32 Å². The van der Waals surface area contributed by atoms with Crippen LogP contribution in [0.25, 0.3) is 0 Å². The Balaban J connectivity index is 2.46. The van der Waals surface area contributed by atoms with Crippen LogP contribution in [0.1, 0.15) is 31.9 Å². The van der Waals surface area contributed by atoms with Crippen molar-refractivity contribution in [1.29, 1.82) is 0 Å². The minimum atomic E-state index is -3.18. The van der Waals surface area contributed by atoms with Crippen molar-refractivity contribution in [3.8, 4) is 0 Å².